The van der Waals surface area contributed by atoms with Crippen molar-refractivity contribution in [1.82, 2.24) is 10.1 Å². The van der Waals surface area contributed by atoms with Gasteiger partial charge in [-0.2, -0.15) is 0 Å². The first-order valence-electron chi connectivity index (χ1n) is 4.45. The third kappa shape index (κ3) is 1.69. The van der Waals surface area contributed by atoms with Gasteiger partial charge in [-0.1, -0.05) is 19.0 Å². The van der Waals surface area contributed by atoms with Crippen LogP contribution in [0.1, 0.15) is 19.4 Å². The summed E-state index contributed by atoms with van der Waals surface area (Å²) in [6.07, 6.45) is 4.60. The van der Waals surface area contributed by atoms with E-state index in [9.17, 15) is 0 Å². The highest BCUT2D eigenvalue weighted by molar-refractivity contribution is 5.71. The summed E-state index contributed by atoms with van der Waals surface area (Å²) in [7, 11) is 0. The van der Waals surface area contributed by atoms with Crippen LogP contribution in [0.4, 0.5) is 0 Å². The number of pyridine rings is 1. The van der Waals surface area contributed by atoms with Crippen molar-refractivity contribution >= 4 is 11.1 Å². The first kappa shape index (κ1) is 8.23. The van der Waals surface area contributed by atoms with Crippen LogP contribution in [-0.2, 0) is 6.42 Å². The minimum atomic E-state index is 0.618. The number of hydrogen-bond donors (Lipinski definition) is 0. The molecule has 2 aromatic rings. The van der Waals surface area contributed by atoms with Crippen molar-refractivity contribution in [1.29, 1.82) is 0 Å². The van der Waals surface area contributed by atoms with Gasteiger partial charge in [-0.05, 0) is 24.0 Å². The lowest BCUT2D eigenvalue weighted by atomic mass is 10.0. The Bertz CT molecular complexity index is 406. The number of rotatable bonds is 2. The van der Waals surface area contributed by atoms with Crippen LogP contribution >= 0.6 is 0 Å². The Morgan fingerprint density at radius 1 is 1.38 bits per heavy atom. The van der Waals surface area contributed by atoms with Crippen LogP contribution in [0.25, 0.3) is 11.1 Å². The molecule has 0 N–H and O–H groups in total. The van der Waals surface area contributed by atoms with E-state index in [0.29, 0.717) is 11.6 Å². The molecule has 2 rings (SSSR count). The molecule has 0 aliphatic carbocycles. The number of aromatic nitrogens is 2. The molecule has 0 radical (unpaired) electrons. The van der Waals surface area contributed by atoms with Gasteiger partial charge in [0.05, 0.1) is 11.6 Å². The molecular formula is C10H12N2O. The van der Waals surface area contributed by atoms with Crippen LogP contribution in [0.2, 0.25) is 0 Å². The van der Waals surface area contributed by atoms with E-state index in [-0.39, 0.29) is 0 Å². The summed E-state index contributed by atoms with van der Waals surface area (Å²) in [5, 5.41) is 4.67. The van der Waals surface area contributed by atoms with Crippen molar-refractivity contribution in [2.75, 3.05) is 0 Å². The average Bonchev–Trinajstić information content (AvgIpc) is 2.49. The summed E-state index contributed by atoms with van der Waals surface area (Å²) in [6.45, 7) is 4.38. The SMILES string of the molecule is CC(C)Cc1cnc2oncc2c1. The van der Waals surface area contributed by atoms with Crippen LogP contribution in [0.3, 0.4) is 0 Å². The molecule has 0 fully saturated rings. The Morgan fingerprint density at radius 3 is 3.00 bits per heavy atom. The minimum absolute atomic E-state index is 0.618. The predicted molar refractivity (Wildman–Crippen MR) is 50.3 cm³/mol. The van der Waals surface area contributed by atoms with E-state index in [0.717, 1.165) is 11.8 Å². The Labute approximate surface area is 76.8 Å². The second kappa shape index (κ2) is 3.17. The van der Waals surface area contributed by atoms with Crippen LogP contribution in [-0.4, -0.2) is 10.1 Å². The Kier molecular flexibility index (Phi) is 2.00. The summed E-state index contributed by atoms with van der Waals surface area (Å²) in [6, 6.07) is 2.08. The first-order valence-corrected chi connectivity index (χ1v) is 4.45. The van der Waals surface area contributed by atoms with Gasteiger partial charge in [0.15, 0.2) is 0 Å². The van der Waals surface area contributed by atoms with Crippen molar-refractivity contribution in [2.24, 2.45) is 5.92 Å². The van der Waals surface area contributed by atoms with E-state index in [1.165, 1.54) is 5.56 Å². The van der Waals surface area contributed by atoms with Crippen molar-refractivity contribution in [3.8, 4) is 0 Å². The van der Waals surface area contributed by atoms with Crippen molar-refractivity contribution in [2.45, 2.75) is 20.3 Å². The molecule has 0 saturated heterocycles. The molecule has 0 bridgehead atoms. The second-order valence-corrected chi connectivity index (χ2v) is 3.66. The fourth-order valence-corrected chi connectivity index (χ4v) is 1.40. The monoisotopic (exact) mass is 176 g/mol. The van der Waals surface area contributed by atoms with Gasteiger partial charge in [0.25, 0.3) is 5.71 Å². The van der Waals surface area contributed by atoms with Gasteiger partial charge in [-0.15, -0.1) is 0 Å². The lowest BCUT2D eigenvalue weighted by Crippen LogP contribution is -1.94. The summed E-state index contributed by atoms with van der Waals surface area (Å²) in [5.41, 5.74) is 1.86. The van der Waals surface area contributed by atoms with Crippen molar-refractivity contribution in [3.05, 3.63) is 24.0 Å². The van der Waals surface area contributed by atoms with E-state index >= 15 is 0 Å². The Morgan fingerprint density at radius 2 is 2.23 bits per heavy atom. The van der Waals surface area contributed by atoms with Crippen LogP contribution in [0.5, 0.6) is 0 Å². The third-order valence-electron chi connectivity index (χ3n) is 1.91. The van der Waals surface area contributed by atoms with Crippen LogP contribution < -0.4 is 0 Å². The average molecular weight is 176 g/mol. The summed E-state index contributed by atoms with van der Waals surface area (Å²) < 4.78 is 4.92. The molecule has 0 atom stereocenters. The Hall–Kier alpha value is -1.38. The zero-order chi connectivity index (χ0) is 9.26. The molecule has 2 aromatic heterocycles. The smallest absolute Gasteiger partial charge is 0.257 e. The topological polar surface area (TPSA) is 38.9 Å². The number of hydrogen-bond acceptors (Lipinski definition) is 3. The molecule has 0 aromatic carbocycles. The molecule has 0 amide bonds. The summed E-state index contributed by atoms with van der Waals surface area (Å²) >= 11 is 0. The van der Waals surface area contributed by atoms with E-state index in [1.54, 1.807) is 6.20 Å². The highest BCUT2D eigenvalue weighted by Gasteiger charge is 2.02. The fraction of sp³-hybridized carbons (Fsp3) is 0.400. The van der Waals surface area contributed by atoms with Crippen molar-refractivity contribution < 1.29 is 4.52 Å². The largest absolute Gasteiger partial charge is 0.336 e. The molecule has 0 saturated carbocycles. The normalized spacial score (nSPS) is 11.3. The molecule has 13 heavy (non-hydrogen) atoms. The third-order valence-corrected chi connectivity index (χ3v) is 1.91. The van der Waals surface area contributed by atoms with Gasteiger partial charge in [0, 0.05) is 6.20 Å². The van der Waals surface area contributed by atoms with E-state index in [1.807, 2.05) is 6.20 Å². The molecule has 3 heteroatoms. The van der Waals surface area contributed by atoms with E-state index in [2.05, 4.69) is 30.1 Å². The molecular weight excluding hydrogens is 164 g/mol. The standard InChI is InChI=1S/C10H12N2O/c1-7(2)3-8-4-9-6-12-13-10(9)11-5-8/h4-7H,3H2,1-2H3. The fourth-order valence-electron chi connectivity index (χ4n) is 1.40. The van der Waals surface area contributed by atoms with Gasteiger partial charge < -0.3 is 4.52 Å². The molecule has 0 aliphatic heterocycles. The highest BCUT2D eigenvalue weighted by Crippen LogP contribution is 2.14. The maximum atomic E-state index is 4.92. The summed E-state index contributed by atoms with van der Waals surface area (Å²) in [5.74, 6) is 0.652. The second-order valence-electron chi connectivity index (χ2n) is 3.66. The molecule has 2 heterocycles. The molecule has 3 nitrogen and oxygen atoms in total. The quantitative estimate of drug-likeness (QED) is 0.705. The van der Waals surface area contributed by atoms with Crippen molar-refractivity contribution in [3.63, 3.8) is 0 Å². The maximum Gasteiger partial charge on any atom is 0.257 e. The zero-order valence-corrected chi connectivity index (χ0v) is 7.82. The number of fused-ring (bicyclic) bond motifs is 1. The van der Waals surface area contributed by atoms with Crippen LogP contribution in [0, 0.1) is 5.92 Å². The van der Waals surface area contributed by atoms with E-state index in [4.69, 9.17) is 4.52 Å². The van der Waals surface area contributed by atoms with Gasteiger partial charge in [-0.25, -0.2) is 4.98 Å². The Balaban J connectivity index is 2.37. The van der Waals surface area contributed by atoms with Gasteiger partial charge in [-0.3, -0.25) is 0 Å². The number of nitrogens with zero attached hydrogens (tertiary/aromatic N) is 2. The van der Waals surface area contributed by atoms with Gasteiger partial charge >= 0.3 is 0 Å². The van der Waals surface area contributed by atoms with Gasteiger partial charge in [0.1, 0.15) is 0 Å². The minimum Gasteiger partial charge on any atom is -0.336 e. The maximum absolute atomic E-state index is 4.92. The predicted octanol–water partition coefficient (Wildman–Crippen LogP) is 2.42. The van der Waals surface area contributed by atoms with Gasteiger partial charge in [0.2, 0.25) is 0 Å². The highest BCUT2D eigenvalue weighted by atomic mass is 16.5. The molecule has 0 aliphatic rings. The van der Waals surface area contributed by atoms with Crippen LogP contribution in [0.15, 0.2) is 23.0 Å². The molecule has 0 unspecified atom stereocenters. The van der Waals surface area contributed by atoms with E-state index < -0.39 is 0 Å². The molecule has 0 spiro atoms. The first-order chi connectivity index (χ1) is 6.25. The molecule has 68 valence electrons. The summed E-state index contributed by atoms with van der Waals surface area (Å²) in [4.78, 5) is 4.17. The lowest BCUT2D eigenvalue weighted by Gasteiger charge is -2.02. The zero-order valence-electron chi connectivity index (χ0n) is 7.82. The lowest BCUT2D eigenvalue weighted by molar-refractivity contribution is 0.448.